The number of pyridine rings is 1. The summed E-state index contributed by atoms with van der Waals surface area (Å²) in [6.45, 7) is 3.49. The van der Waals surface area contributed by atoms with E-state index in [2.05, 4.69) is 9.71 Å². The zero-order chi connectivity index (χ0) is 15.6. The molecular weight excluding hydrogens is 306 g/mol. The van der Waals surface area contributed by atoms with Crippen LogP contribution in [0.15, 0.2) is 41.3 Å². The monoisotopic (exact) mass is 321 g/mol. The second-order valence-corrected chi connectivity index (χ2v) is 6.70. The fraction of sp³-hybridized carbons (Fsp3) is 0.143. The Balaban J connectivity index is 2.38. The van der Waals surface area contributed by atoms with E-state index in [0.29, 0.717) is 11.1 Å². The van der Waals surface area contributed by atoms with Crippen molar-refractivity contribution in [2.75, 3.05) is 4.72 Å². The number of thiocarbonyl (C=S) groups is 1. The summed E-state index contributed by atoms with van der Waals surface area (Å²) in [5, 5.41) is 0. The Morgan fingerprint density at radius 3 is 2.52 bits per heavy atom. The van der Waals surface area contributed by atoms with Gasteiger partial charge in [0.25, 0.3) is 10.0 Å². The molecule has 2 aromatic rings. The third kappa shape index (κ3) is 3.56. The minimum atomic E-state index is -3.70. The summed E-state index contributed by atoms with van der Waals surface area (Å²) in [4.78, 5) is 4.53. The predicted octanol–water partition coefficient (Wildman–Crippen LogP) is 2.13. The van der Waals surface area contributed by atoms with Crippen LogP contribution in [0.1, 0.15) is 16.8 Å². The number of sulfonamides is 1. The van der Waals surface area contributed by atoms with Crippen LogP contribution in [0.4, 0.5) is 5.82 Å². The van der Waals surface area contributed by atoms with Gasteiger partial charge in [0.1, 0.15) is 10.8 Å². The van der Waals surface area contributed by atoms with E-state index in [4.69, 9.17) is 18.0 Å². The van der Waals surface area contributed by atoms with Crippen molar-refractivity contribution < 1.29 is 8.42 Å². The van der Waals surface area contributed by atoms with Crippen molar-refractivity contribution in [3.8, 4) is 0 Å². The summed E-state index contributed by atoms with van der Waals surface area (Å²) < 4.78 is 27.3. The summed E-state index contributed by atoms with van der Waals surface area (Å²) in [5.41, 5.74) is 7.47. The highest BCUT2D eigenvalue weighted by atomic mass is 32.2. The highest BCUT2D eigenvalue weighted by molar-refractivity contribution is 7.92. The van der Waals surface area contributed by atoms with Gasteiger partial charge in [-0.05, 0) is 43.7 Å². The minimum Gasteiger partial charge on any atom is -0.389 e. The molecule has 0 radical (unpaired) electrons. The summed E-state index contributed by atoms with van der Waals surface area (Å²) in [6.07, 6.45) is 0. The Kier molecular flexibility index (Phi) is 4.24. The molecule has 2 rings (SSSR count). The standard InChI is InChI=1S/C14H15N3O2S2/c1-9-8-11(14(15)20)6-7-12(9)21(18,19)17-13-5-3-4-10(2)16-13/h3-8H,1-2H3,(H2,15,20)(H,16,17). The molecule has 0 saturated carbocycles. The van der Waals surface area contributed by atoms with E-state index in [0.717, 1.165) is 5.69 Å². The van der Waals surface area contributed by atoms with Crippen molar-refractivity contribution in [1.82, 2.24) is 4.98 Å². The van der Waals surface area contributed by atoms with Gasteiger partial charge in [-0.1, -0.05) is 24.4 Å². The average Bonchev–Trinajstić information content (AvgIpc) is 2.37. The van der Waals surface area contributed by atoms with Gasteiger partial charge in [-0.15, -0.1) is 0 Å². The van der Waals surface area contributed by atoms with Crippen LogP contribution < -0.4 is 10.5 Å². The van der Waals surface area contributed by atoms with Gasteiger partial charge < -0.3 is 5.73 Å². The normalized spacial score (nSPS) is 11.1. The van der Waals surface area contributed by atoms with Crippen LogP contribution >= 0.6 is 12.2 Å². The van der Waals surface area contributed by atoms with Crippen molar-refractivity contribution in [2.24, 2.45) is 5.73 Å². The molecule has 1 aromatic carbocycles. The minimum absolute atomic E-state index is 0.172. The molecule has 110 valence electrons. The van der Waals surface area contributed by atoms with Gasteiger partial charge in [-0.3, -0.25) is 4.72 Å². The molecule has 0 aliphatic rings. The average molecular weight is 321 g/mol. The molecule has 21 heavy (non-hydrogen) atoms. The fourth-order valence-corrected chi connectivity index (χ4v) is 3.25. The number of nitrogens with one attached hydrogen (secondary N) is 1. The molecule has 1 aromatic heterocycles. The molecule has 1 heterocycles. The molecule has 7 heteroatoms. The second kappa shape index (κ2) is 5.79. The lowest BCUT2D eigenvalue weighted by Crippen LogP contribution is -2.16. The van der Waals surface area contributed by atoms with Crippen LogP contribution in [0.25, 0.3) is 0 Å². The lowest BCUT2D eigenvalue weighted by atomic mass is 10.1. The molecule has 0 spiro atoms. The number of nitrogens with two attached hydrogens (primary N) is 1. The molecule has 0 amide bonds. The maximum Gasteiger partial charge on any atom is 0.263 e. The zero-order valence-electron chi connectivity index (χ0n) is 11.6. The Bertz CT molecular complexity index is 802. The largest absolute Gasteiger partial charge is 0.389 e. The molecule has 0 aliphatic heterocycles. The molecule has 0 bridgehead atoms. The summed E-state index contributed by atoms with van der Waals surface area (Å²) in [5.74, 6) is 0.285. The van der Waals surface area contributed by atoms with E-state index in [1.165, 1.54) is 6.07 Å². The number of rotatable bonds is 4. The maximum atomic E-state index is 12.4. The smallest absolute Gasteiger partial charge is 0.263 e. The molecule has 3 N–H and O–H groups in total. The van der Waals surface area contributed by atoms with Gasteiger partial charge in [-0.25, -0.2) is 13.4 Å². The van der Waals surface area contributed by atoms with Crippen LogP contribution in [0, 0.1) is 13.8 Å². The van der Waals surface area contributed by atoms with Crippen LogP contribution in [0.3, 0.4) is 0 Å². The Morgan fingerprint density at radius 1 is 1.24 bits per heavy atom. The number of aryl methyl sites for hydroxylation is 2. The van der Waals surface area contributed by atoms with Crippen molar-refractivity contribution in [3.05, 3.63) is 53.2 Å². The number of hydrogen-bond donors (Lipinski definition) is 2. The quantitative estimate of drug-likeness (QED) is 0.843. The van der Waals surface area contributed by atoms with Crippen molar-refractivity contribution in [1.29, 1.82) is 0 Å². The van der Waals surface area contributed by atoms with Crippen LogP contribution in [-0.2, 0) is 10.0 Å². The third-order valence-electron chi connectivity index (χ3n) is 2.88. The molecule has 0 saturated heterocycles. The number of hydrogen-bond acceptors (Lipinski definition) is 4. The number of anilines is 1. The number of nitrogens with zero attached hydrogens (tertiary/aromatic N) is 1. The van der Waals surface area contributed by atoms with Gasteiger partial charge >= 0.3 is 0 Å². The number of aromatic nitrogens is 1. The van der Waals surface area contributed by atoms with Gasteiger partial charge in [0.2, 0.25) is 0 Å². The van der Waals surface area contributed by atoms with Crippen molar-refractivity contribution in [2.45, 2.75) is 18.7 Å². The Hall–Kier alpha value is -1.99. The SMILES string of the molecule is Cc1cccc(NS(=O)(=O)c2ccc(C(N)=S)cc2C)n1. The molecule has 5 nitrogen and oxygen atoms in total. The van der Waals surface area contributed by atoms with E-state index >= 15 is 0 Å². The van der Waals surface area contributed by atoms with E-state index in [1.807, 2.05) is 0 Å². The zero-order valence-corrected chi connectivity index (χ0v) is 13.3. The first-order valence-electron chi connectivity index (χ1n) is 6.16. The fourth-order valence-electron chi connectivity index (χ4n) is 1.90. The van der Waals surface area contributed by atoms with E-state index < -0.39 is 10.0 Å². The van der Waals surface area contributed by atoms with Gasteiger partial charge in [0.05, 0.1) is 4.90 Å². The Labute approximate surface area is 129 Å². The van der Waals surface area contributed by atoms with Crippen LogP contribution in [0.5, 0.6) is 0 Å². The van der Waals surface area contributed by atoms with Crippen LogP contribution in [0.2, 0.25) is 0 Å². The summed E-state index contributed by atoms with van der Waals surface area (Å²) in [7, 11) is -3.70. The summed E-state index contributed by atoms with van der Waals surface area (Å²) in [6, 6.07) is 9.86. The van der Waals surface area contributed by atoms with E-state index in [9.17, 15) is 8.42 Å². The molecule has 0 aliphatic carbocycles. The topological polar surface area (TPSA) is 85.1 Å². The lowest BCUT2D eigenvalue weighted by molar-refractivity contribution is 0.600. The third-order valence-corrected chi connectivity index (χ3v) is 4.63. The van der Waals surface area contributed by atoms with E-state index in [1.54, 1.807) is 44.2 Å². The molecule has 0 fully saturated rings. The molecular formula is C14H15N3O2S2. The van der Waals surface area contributed by atoms with E-state index in [-0.39, 0.29) is 15.7 Å². The number of benzene rings is 1. The van der Waals surface area contributed by atoms with Gasteiger partial charge in [0.15, 0.2) is 0 Å². The first-order chi connectivity index (χ1) is 9.79. The lowest BCUT2D eigenvalue weighted by Gasteiger charge is -2.11. The molecule has 0 unspecified atom stereocenters. The van der Waals surface area contributed by atoms with Gasteiger partial charge in [-0.2, -0.15) is 0 Å². The first kappa shape index (κ1) is 15.4. The molecule has 0 atom stereocenters. The van der Waals surface area contributed by atoms with Crippen molar-refractivity contribution in [3.63, 3.8) is 0 Å². The summed E-state index contributed by atoms with van der Waals surface area (Å²) >= 11 is 4.88. The predicted molar refractivity (Wildman–Crippen MR) is 86.8 cm³/mol. The maximum absolute atomic E-state index is 12.4. The second-order valence-electron chi connectivity index (χ2n) is 4.61. The first-order valence-corrected chi connectivity index (χ1v) is 8.06. The van der Waals surface area contributed by atoms with Gasteiger partial charge in [0, 0.05) is 11.3 Å². The van der Waals surface area contributed by atoms with Crippen LogP contribution in [-0.4, -0.2) is 18.4 Å². The highest BCUT2D eigenvalue weighted by Crippen LogP contribution is 2.19. The highest BCUT2D eigenvalue weighted by Gasteiger charge is 2.18. The van der Waals surface area contributed by atoms with Crippen molar-refractivity contribution >= 4 is 33.0 Å². The Morgan fingerprint density at radius 2 is 1.95 bits per heavy atom.